The summed E-state index contributed by atoms with van der Waals surface area (Å²) in [6.07, 6.45) is 0. The van der Waals surface area contributed by atoms with Crippen LogP contribution in [0.15, 0.2) is 0 Å². The normalized spacial score (nSPS) is 15.8. The van der Waals surface area contributed by atoms with Gasteiger partial charge in [-0.25, -0.2) is 0 Å². The summed E-state index contributed by atoms with van der Waals surface area (Å²) in [5, 5.41) is 0. The van der Waals surface area contributed by atoms with Crippen LogP contribution in [-0.4, -0.2) is 13.6 Å². The van der Waals surface area contributed by atoms with Gasteiger partial charge in [0.25, 0.3) is 0 Å². The van der Waals surface area contributed by atoms with Crippen molar-refractivity contribution < 1.29 is 19.1 Å². The molecule has 6 heteroatoms. The summed E-state index contributed by atoms with van der Waals surface area (Å²) in [6.45, 7) is 7.07. The smallest absolute Gasteiger partial charge is 0.162 e. The molecule has 0 aliphatic rings. The van der Waals surface area contributed by atoms with Crippen LogP contribution in [-0.2, 0) is 9.36 Å². The van der Waals surface area contributed by atoms with E-state index in [1.165, 1.54) is 6.92 Å². The number of carbonyl (C=O) groups excluding carboxylic acids is 1. The lowest BCUT2D eigenvalue weighted by Crippen LogP contribution is -2.35. The van der Waals surface area contributed by atoms with E-state index in [2.05, 4.69) is 0 Å². The van der Waals surface area contributed by atoms with Crippen LogP contribution >= 0.6 is 7.60 Å². The third-order valence-electron chi connectivity index (χ3n) is 1.94. The predicted octanol–water partition coefficient (Wildman–Crippen LogP) is 0.155. The molecule has 0 heterocycles. The molecule has 1 atom stereocenters. The molecule has 1 unspecified atom stereocenters. The first-order valence-corrected chi connectivity index (χ1v) is 8.75. The fourth-order valence-electron chi connectivity index (χ4n) is 0.608. The zero-order chi connectivity index (χ0) is 10.2. The lowest BCUT2D eigenvalue weighted by molar-refractivity contribution is -0.310. The monoisotopic (exact) mass is 208 g/mol. The van der Waals surface area contributed by atoms with Gasteiger partial charge in [0.1, 0.15) is 0 Å². The van der Waals surface area contributed by atoms with Crippen LogP contribution in [0.2, 0.25) is 25.2 Å². The fourth-order valence-corrected chi connectivity index (χ4v) is 3.46. The van der Waals surface area contributed by atoms with Gasteiger partial charge < -0.3 is 14.4 Å². The third-order valence-corrected chi connectivity index (χ3v) is 5.97. The van der Waals surface area contributed by atoms with Gasteiger partial charge in [0, 0.05) is 13.1 Å². The first-order chi connectivity index (χ1) is 5.07. The van der Waals surface area contributed by atoms with E-state index in [0.29, 0.717) is 0 Å². The van der Waals surface area contributed by atoms with Crippen LogP contribution in [0.5, 0.6) is 0 Å². The first kappa shape index (κ1) is 12.0. The number of carbonyl (C=O) groups is 1. The molecule has 0 saturated carbocycles. The van der Waals surface area contributed by atoms with Gasteiger partial charge in [-0.15, -0.1) is 0 Å². The minimum atomic E-state index is -5.01. The van der Waals surface area contributed by atoms with Crippen molar-refractivity contribution in [1.82, 2.24) is 0 Å². The van der Waals surface area contributed by atoms with Crippen molar-refractivity contribution in [3.63, 3.8) is 0 Å². The highest BCUT2D eigenvalue weighted by atomic mass is 31.2. The van der Waals surface area contributed by atoms with Crippen LogP contribution in [0.3, 0.4) is 0 Å². The highest BCUT2D eigenvalue weighted by Gasteiger charge is 2.29. The molecule has 0 aliphatic carbocycles. The van der Waals surface area contributed by atoms with E-state index in [0.717, 1.165) is 0 Å². The standard InChI is InChI=1S/C6H15O4PSi/c1-5(12(2,3)4)6(7)11(8,9)10/h5H,1-4H3,(H2,8,9,10)/p-2. The molecule has 4 nitrogen and oxygen atoms in total. The summed E-state index contributed by atoms with van der Waals surface area (Å²) in [7, 11) is -6.87. The first-order valence-electron chi connectivity index (χ1n) is 3.63. The second-order valence-corrected chi connectivity index (χ2v) is 11.0. The van der Waals surface area contributed by atoms with Gasteiger partial charge in [-0.2, -0.15) is 0 Å². The average molecular weight is 208 g/mol. The highest BCUT2D eigenvalue weighted by molar-refractivity contribution is 7.68. The zero-order valence-electron chi connectivity index (χ0n) is 7.66. The molecule has 0 rings (SSSR count). The average Bonchev–Trinajstić information content (AvgIpc) is 1.80. The van der Waals surface area contributed by atoms with Crippen molar-refractivity contribution in [2.75, 3.05) is 0 Å². The van der Waals surface area contributed by atoms with Gasteiger partial charge in [0.2, 0.25) is 0 Å². The Bertz CT molecular complexity index is 226. The Morgan fingerprint density at radius 1 is 1.33 bits per heavy atom. The summed E-state index contributed by atoms with van der Waals surface area (Å²) >= 11 is 0. The van der Waals surface area contributed by atoms with Crippen LogP contribution in [0.1, 0.15) is 6.92 Å². The third kappa shape index (κ3) is 3.19. The molecule has 0 aromatic rings. The molecular weight excluding hydrogens is 195 g/mol. The molecule has 0 aromatic heterocycles. The Morgan fingerprint density at radius 3 is 1.75 bits per heavy atom. The van der Waals surface area contributed by atoms with Crippen LogP contribution in [0.25, 0.3) is 0 Å². The van der Waals surface area contributed by atoms with E-state index in [-0.39, 0.29) is 0 Å². The van der Waals surface area contributed by atoms with Crippen molar-refractivity contribution in [3.05, 3.63) is 0 Å². The van der Waals surface area contributed by atoms with Gasteiger partial charge in [-0.3, -0.25) is 4.79 Å². The Morgan fingerprint density at radius 2 is 1.67 bits per heavy atom. The Hall–Kier alpha value is 0.0369. The van der Waals surface area contributed by atoms with Crippen LogP contribution < -0.4 is 9.79 Å². The largest absolute Gasteiger partial charge is 0.805 e. The maximum atomic E-state index is 11.0. The second kappa shape index (κ2) is 3.42. The van der Waals surface area contributed by atoms with Crippen LogP contribution in [0.4, 0.5) is 0 Å². The van der Waals surface area contributed by atoms with Gasteiger partial charge in [-0.1, -0.05) is 26.6 Å². The summed E-state index contributed by atoms with van der Waals surface area (Å²) < 4.78 is 10.4. The predicted molar refractivity (Wildman–Crippen MR) is 45.4 cm³/mol. The topological polar surface area (TPSA) is 80.3 Å². The Balaban J connectivity index is 4.65. The minimum absolute atomic E-state index is 0.613. The highest BCUT2D eigenvalue weighted by Crippen LogP contribution is 2.36. The maximum absolute atomic E-state index is 11.0. The lowest BCUT2D eigenvalue weighted by atomic mass is 10.5. The lowest BCUT2D eigenvalue weighted by Gasteiger charge is -2.34. The van der Waals surface area contributed by atoms with Gasteiger partial charge in [-0.05, 0) is 0 Å². The molecule has 0 bridgehead atoms. The molecule has 0 saturated heterocycles. The minimum Gasteiger partial charge on any atom is -0.805 e. The molecule has 72 valence electrons. The van der Waals surface area contributed by atoms with E-state index < -0.39 is 26.7 Å². The SMILES string of the molecule is CC(C(=O)P(=O)([O-])[O-])[Si](C)(C)C. The summed E-state index contributed by atoms with van der Waals surface area (Å²) in [6, 6.07) is 0. The van der Waals surface area contributed by atoms with Crippen molar-refractivity contribution in [2.24, 2.45) is 0 Å². The summed E-state index contributed by atoms with van der Waals surface area (Å²) in [4.78, 5) is 31.7. The maximum Gasteiger partial charge on any atom is 0.162 e. The molecule has 0 radical (unpaired) electrons. The Kier molecular flexibility index (Phi) is 3.43. The molecule has 0 N–H and O–H groups in total. The van der Waals surface area contributed by atoms with Gasteiger partial charge in [0.15, 0.2) is 5.52 Å². The van der Waals surface area contributed by atoms with Crippen molar-refractivity contribution >= 4 is 21.2 Å². The summed E-state index contributed by atoms with van der Waals surface area (Å²) in [5.74, 6) is 0. The zero-order valence-corrected chi connectivity index (χ0v) is 9.55. The number of hydrogen-bond donors (Lipinski definition) is 0. The van der Waals surface area contributed by atoms with E-state index >= 15 is 0 Å². The molecule has 0 aliphatic heterocycles. The molecule has 0 amide bonds. The van der Waals surface area contributed by atoms with E-state index in [4.69, 9.17) is 0 Å². The van der Waals surface area contributed by atoms with E-state index in [1.54, 1.807) is 0 Å². The number of rotatable bonds is 3. The molecule has 0 spiro atoms. The fraction of sp³-hybridized carbons (Fsp3) is 0.833. The van der Waals surface area contributed by atoms with Crippen molar-refractivity contribution in [3.8, 4) is 0 Å². The quantitative estimate of drug-likeness (QED) is 0.488. The molecule has 0 fully saturated rings. The molecular formula is C6H13O4PSi-2. The van der Waals surface area contributed by atoms with Crippen molar-refractivity contribution in [1.29, 1.82) is 0 Å². The summed E-state index contributed by atoms with van der Waals surface area (Å²) in [5.41, 5.74) is -1.75. The Labute approximate surface area is 73.2 Å². The second-order valence-electron chi connectivity index (χ2n) is 3.92. The van der Waals surface area contributed by atoms with Crippen molar-refractivity contribution in [2.45, 2.75) is 32.1 Å². The molecule has 0 aromatic carbocycles. The van der Waals surface area contributed by atoms with Gasteiger partial charge >= 0.3 is 0 Å². The van der Waals surface area contributed by atoms with Gasteiger partial charge in [0.05, 0.1) is 8.07 Å². The van der Waals surface area contributed by atoms with Crippen LogP contribution in [0, 0.1) is 0 Å². The number of hydrogen-bond acceptors (Lipinski definition) is 4. The van der Waals surface area contributed by atoms with E-state index in [1.807, 2.05) is 19.6 Å². The van der Waals surface area contributed by atoms with E-state index in [9.17, 15) is 19.1 Å². The molecule has 12 heavy (non-hydrogen) atoms.